The Kier molecular flexibility index (Phi) is 6.77. The SMILES string of the molecule is CC.Cc1nc2nc(N)cc(-c3cc4cc(CN(C)CC5CCOCC5)ccc4[nH]3)c2[nH]1. The van der Waals surface area contributed by atoms with Crippen molar-refractivity contribution >= 4 is 27.9 Å². The quantitative estimate of drug-likeness (QED) is 0.416. The van der Waals surface area contributed by atoms with E-state index in [0.29, 0.717) is 11.5 Å². The molecule has 32 heavy (non-hydrogen) atoms. The average molecular weight is 435 g/mol. The highest BCUT2D eigenvalue weighted by Crippen LogP contribution is 2.31. The number of nitrogens with zero attached hydrogens (tertiary/aromatic N) is 3. The molecule has 1 aromatic carbocycles. The minimum Gasteiger partial charge on any atom is -0.384 e. The number of fused-ring (bicyclic) bond motifs is 2. The molecule has 1 aliphatic heterocycles. The van der Waals surface area contributed by atoms with Crippen LogP contribution < -0.4 is 5.73 Å². The molecule has 170 valence electrons. The van der Waals surface area contributed by atoms with E-state index < -0.39 is 0 Å². The van der Waals surface area contributed by atoms with Crippen LogP contribution in [0.5, 0.6) is 0 Å². The molecule has 4 aromatic rings. The van der Waals surface area contributed by atoms with Gasteiger partial charge in [0.1, 0.15) is 11.6 Å². The van der Waals surface area contributed by atoms with Gasteiger partial charge in [-0.2, -0.15) is 0 Å². The van der Waals surface area contributed by atoms with Crippen molar-refractivity contribution in [3.05, 3.63) is 41.7 Å². The normalized spacial score (nSPS) is 14.8. The molecule has 0 bridgehead atoms. The van der Waals surface area contributed by atoms with Crippen molar-refractivity contribution < 1.29 is 4.74 Å². The molecule has 4 N–H and O–H groups in total. The molecule has 5 rings (SSSR count). The monoisotopic (exact) mass is 434 g/mol. The summed E-state index contributed by atoms with van der Waals surface area (Å²) in [6.07, 6.45) is 2.34. The highest BCUT2D eigenvalue weighted by molar-refractivity contribution is 5.95. The maximum Gasteiger partial charge on any atom is 0.180 e. The van der Waals surface area contributed by atoms with Crippen molar-refractivity contribution in [2.75, 3.05) is 32.5 Å². The van der Waals surface area contributed by atoms with Crippen LogP contribution in [-0.4, -0.2) is 51.6 Å². The summed E-state index contributed by atoms with van der Waals surface area (Å²) < 4.78 is 5.48. The first-order valence-corrected chi connectivity index (χ1v) is 11.6. The van der Waals surface area contributed by atoms with Gasteiger partial charge in [-0.3, -0.25) is 0 Å². The van der Waals surface area contributed by atoms with Crippen LogP contribution in [0.1, 0.15) is 38.1 Å². The zero-order valence-corrected chi connectivity index (χ0v) is 19.5. The first kappa shape index (κ1) is 22.3. The number of nitrogens with two attached hydrogens (primary N) is 1. The molecule has 0 atom stereocenters. The topological polar surface area (TPSA) is 95.8 Å². The Hall–Kier alpha value is -2.90. The van der Waals surface area contributed by atoms with Gasteiger partial charge in [0.25, 0.3) is 0 Å². The lowest BCUT2D eigenvalue weighted by Gasteiger charge is -2.27. The summed E-state index contributed by atoms with van der Waals surface area (Å²) in [6, 6.07) is 10.7. The van der Waals surface area contributed by atoms with Gasteiger partial charge in [-0.05, 0) is 62.6 Å². The van der Waals surface area contributed by atoms with Crippen LogP contribution in [0.4, 0.5) is 5.82 Å². The van der Waals surface area contributed by atoms with Crippen LogP contribution in [0.25, 0.3) is 33.3 Å². The second-order valence-corrected chi connectivity index (χ2v) is 8.47. The Balaban J connectivity index is 0.00000119. The van der Waals surface area contributed by atoms with Crippen LogP contribution in [-0.2, 0) is 11.3 Å². The third-order valence-electron chi connectivity index (χ3n) is 5.94. The Morgan fingerprint density at radius 1 is 1.09 bits per heavy atom. The van der Waals surface area contributed by atoms with Gasteiger partial charge in [0.2, 0.25) is 0 Å². The molecule has 0 aliphatic carbocycles. The minimum absolute atomic E-state index is 0.470. The summed E-state index contributed by atoms with van der Waals surface area (Å²) in [5.74, 6) is 2.04. The van der Waals surface area contributed by atoms with E-state index in [2.05, 4.69) is 56.1 Å². The number of H-pyrrole nitrogens is 2. The number of aromatic amines is 2. The Morgan fingerprint density at radius 2 is 1.88 bits per heavy atom. The van der Waals surface area contributed by atoms with Gasteiger partial charge in [-0.15, -0.1) is 0 Å². The number of aromatic nitrogens is 4. The van der Waals surface area contributed by atoms with Crippen molar-refractivity contribution in [3.8, 4) is 11.3 Å². The molecule has 1 saturated heterocycles. The van der Waals surface area contributed by atoms with Crippen molar-refractivity contribution in [1.29, 1.82) is 0 Å². The van der Waals surface area contributed by atoms with Gasteiger partial charge in [-0.1, -0.05) is 19.9 Å². The van der Waals surface area contributed by atoms with E-state index in [9.17, 15) is 0 Å². The van der Waals surface area contributed by atoms with E-state index >= 15 is 0 Å². The first-order valence-electron chi connectivity index (χ1n) is 11.6. The van der Waals surface area contributed by atoms with Gasteiger partial charge in [0.15, 0.2) is 5.65 Å². The van der Waals surface area contributed by atoms with E-state index in [4.69, 9.17) is 10.5 Å². The summed E-state index contributed by atoms with van der Waals surface area (Å²) in [6.45, 7) is 9.79. The van der Waals surface area contributed by atoms with Crippen molar-refractivity contribution in [3.63, 3.8) is 0 Å². The number of pyridine rings is 1. The predicted octanol–water partition coefficient (Wildman–Crippen LogP) is 4.88. The molecule has 1 fully saturated rings. The van der Waals surface area contributed by atoms with E-state index in [-0.39, 0.29) is 0 Å². The van der Waals surface area contributed by atoms with Gasteiger partial charge in [-0.25, -0.2) is 9.97 Å². The fourth-order valence-electron chi connectivity index (χ4n) is 4.51. The van der Waals surface area contributed by atoms with Gasteiger partial charge in [0.05, 0.1) is 5.52 Å². The van der Waals surface area contributed by atoms with E-state index in [0.717, 1.165) is 60.3 Å². The molecular formula is C25H34N6O. The number of aryl methyl sites for hydroxylation is 1. The summed E-state index contributed by atoms with van der Waals surface area (Å²) in [5.41, 5.74) is 12.0. The first-order chi connectivity index (χ1) is 15.5. The molecule has 4 heterocycles. The molecule has 0 unspecified atom stereocenters. The summed E-state index contributed by atoms with van der Waals surface area (Å²) in [4.78, 5) is 18.0. The van der Waals surface area contributed by atoms with Crippen LogP contribution >= 0.6 is 0 Å². The van der Waals surface area contributed by atoms with Crippen molar-refractivity contribution in [2.45, 2.75) is 40.2 Å². The lowest BCUT2D eigenvalue weighted by molar-refractivity contribution is 0.0549. The van der Waals surface area contributed by atoms with Crippen molar-refractivity contribution in [2.24, 2.45) is 5.92 Å². The zero-order valence-electron chi connectivity index (χ0n) is 19.5. The Labute approximate surface area is 189 Å². The fraction of sp³-hybridized carbons (Fsp3) is 0.440. The smallest absolute Gasteiger partial charge is 0.180 e. The Bertz CT molecular complexity index is 1190. The summed E-state index contributed by atoms with van der Waals surface area (Å²) >= 11 is 0. The van der Waals surface area contributed by atoms with Crippen LogP contribution in [0.2, 0.25) is 0 Å². The third kappa shape index (κ3) is 4.79. The number of ether oxygens (including phenoxy) is 1. The van der Waals surface area contributed by atoms with Gasteiger partial charge in [0, 0.05) is 48.5 Å². The molecule has 1 aliphatic rings. The number of anilines is 1. The van der Waals surface area contributed by atoms with Crippen LogP contribution in [0.15, 0.2) is 30.3 Å². The number of hydrogen-bond donors (Lipinski definition) is 3. The van der Waals surface area contributed by atoms with Crippen LogP contribution in [0.3, 0.4) is 0 Å². The molecule has 0 amide bonds. The molecule has 7 heteroatoms. The predicted molar refractivity (Wildman–Crippen MR) is 132 cm³/mol. The zero-order chi connectivity index (χ0) is 22.7. The fourth-order valence-corrected chi connectivity index (χ4v) is 4.51. The van der Waals surface area contributed by atoms with E-state index in [1.807, 2.05) is 26.8 Å². The molecule has 0 saturated carbocycles. The highest BCUT2D eigenvalue weighted by atomic mass is 16.5. The molecule has 3 aromatic heterocycles. The summed E-state index contributed by atoms with van der Waals surface area (Å²) in [7, 11) is 2.21. The lowest BCUT2D eigenvalue weighted by Crippen LogP contribution is -2.29. The number of nitrogen functional groups attached to an aromatic ring is 1. The second-order valence-electron chi connectivity index (χ2n) is 8.47. The maximum atomic E-state index is 6.03. The standard InChI is InChI=1S/C23H28N6O.C2H6/c1-14-25-22-18(11-21(24)28-23(22)26-14)20-10-17-9-16(3-4-19(17)27-20)13-29(2)12-15-5-7-30-8-6-15;1-2/h3-4,9-11,15,27H,5-8,12-13H2,1-2H3,(H3,24,25,26,28);1-2H3. The number of benzene rings is 1. The van der Waals surface area contributed by atoms with Crippen LogP contribution in [0, 0.1) is 12.8 Å². The molecule has 0 radical (unpaired) electrons. The third-order valence-corrected chi connectivity index (χ3v) is 5.94. The second kappa shape index (κ2) is 9.71. The minimum atomic E-state index is 0.470. The van der Waals surface area contributed by atoms with E-state index in [1.165, 1.54) is 23.8 Å². The average Bonchev–Trinajstić information content (AvgIpc) is 3.37. The molecule has 7 nitrogen and oxygen atoms in total. The molecule has 0 spiro atoms. The molecular weight excluding hydrogens is 400 g/mol. The van der Waals surface area contributed by atoms with Gasteiger partial charge < -0.3 is 25.3 Å². The number of hydrogen-bond acceptors (Lipinski definition) is 5. The van der Waals surface area contributed by atoms with Crippen molar-refractivity contribution in [1.82, 2.24) is 24.8 Å². The Morgan fingerprint density at radius 3 is 2.66 bits per heavy atom. The largest absolute Gasteiger partial charge is 0.384 e. The summed E-state index contributed by atoms with van der Waals surface area (Å²) in [5, 5.41) is 1.20. The number of imidazole rings is 1. The number of nitrogens with one attached hydrogen (secondary N) is 2. The van der Waals surface area contributed by atoms with E-state index in [1.54, 1.807) is 0 Å². The lowest BCUT2D eigenvalue weighted by atomic mass is 9.99. The maximum absolute atomic E-state index is 6.03. The number of rotatable bonds is 5. The van der Waals surface area contributed by atoms with Gasteiger partial charge >= 0.3 is 0 Å². The highest BCUT2D eigenvalue weighted by Gasteiger charge is 2.16.